The largest absolute Gasteiger partial charge is 0.481 e. The van der Waals surface area contributed by atoms with Crippen LogP contribution in [0.5, 0.6) is 0 Å². The molecule has 1 rings (SSSR count). The molecule has 2 atom stereocenters. The van der Waals surface area contributed by atoms with Gasteiger partial charge in [-0.05, 0) is 0 Å². The number of β-amino-alcohol motifs (C(OH)–C–C–N with tert-alkyl or cyclic N) is 1. The molecule has 0 aromatic carbocycles. The van der Waals surface area contributed by atoms with Gasteiger partial charge in [-0.2, -0.15) is 0 Å². The van der Waals surface area contributed by atoms with Crippen molar-refractivity contribution in [2.45, 2.75) is 13.2 Å². The number of hydrogen-bond acceptors (Lipinski definition) is 4. The van der Waals surface area contributed by atoms with Crippen LogP contribution in [0.4, 0.5) is 0 Å². The summed E-state index contributed by atoms with van der Waals surface area (Å²) in [5.41, 5.74) is 0. The standard InChI is InChI=1S/C4H7NO3.C2H4O2.Fe/c6-3-1-5(3)2-4(7)8;1-2(3)4;/h3,6H,1-2H2,(H,7,8);1H3,(H,3,4);. The zero-order valence-corrected chi connectivity index (χ0v) is 8.05. The summed E-state index contributed by atoms with van der Waals surface area (Å²) in [6, 6.07) is 0. The van der Waals surface area contributed by atoms with Crippen molar-refractivity contribution in [2.24, 2.45) is 0 Å². The zero-order valence-electron chi connectivity index (χ0n) is 6.95. The molecule has 1 aliphatic rings. The van der Waals surface area contributed by atoms with E-state index in [2.05, 4.69) is 0 Å². The number of aliphatic hydroxyl groups excluding tert-OH is 1. The minimum Gasteiger partial charge on any atom is -0.481 e. The van der Waals surface area contributed by atoms with E-state index >= 15 is 0 Å². The average molecular weight is 233 g/mol. The summed E-state index contributed by atoms with van der Waals surface area (Å²) in [6.45, 7) is 1.55. The molecule has 0 saturated carbocycles. The topological polar surface area (TPSA) is 97.8 Å². The third-order valence-corrected chi connectivity index (χ3v) is 1.02. The molecule has 3 N–H and O–H groups in total. The molecule has 1 aliphatic heterocycles. The SMILES string of the molecule is CC(=O)O.O=C(O)CN1CC1O.[Fe]. The maximum Gasteiger partial charge on any atom is 0.317 e. The van der Waals surface area contributed by atoms with E-state index in [1.807, 2.05) is 0 Å². The zero-order chi connectivity index (χ0) is 9.72. The normalized spacial score (nSPS) is 23.2. The van der Waals surface area contributed by atoms with Crippen molar-refractivity contribution in [1.29, 1.82) is 0 Å². The van der Waals surface area contributed by atoms with Gasteiger partial charge in [0.15, 0.2) is 0 Å². The molecule has 6 nitrogen and oxygen atoms in total. The van der Waals surface area contributed by atoms with E-state index in [1.165, 1.54) is 4.90 Å². The van der Waals surface area contributed by atoms with E-state index in [0.29, 0.717) is 6.54 Å². The van der Waals surface area contributed by atoms with Gasteiger partial charge in [-0.15, -0.1) is 0 Å². The second kappa shape index (κ2) is 6.85. The van der Waals surface area contributed by atoms with Gasteiger partial charge >= 0.3 is 5.97 Å². The fourth-order valence-corrected chi connectivity index (χ4v) is 0.506. The molecule has 0 aromatic rings. The monoisotopic (exact) mass is 233 g/mol. The van der Waals surface area contributed by atoms with Crippen LogP contribution >= 0.6 is 0 Å². The number of rotatable bonds is 2. The Morgan fingerprint density at radius 2 is 1.77 bits per heavy atom. The van der Waals surface area contributed by atoms with Gasteiger partial charge in [-0.25, -0.2) is 0 Å². The summed E-state index contributed by atoms with van der Waals surface area (Å²) in [7, 11) is 0. The fourth-order valence-electron chi connectivity index (χ4n) is 0.506. The molecule has 0 radical (unpaired) electrons. The average Bonchev–Trinajstić information content (AvgIpc) is 2.42. The molecule has 1 heterocycles. The van der Waals surface area contributed by atoms with E-state index in [0.717, 1.165) is 6.92 Å². The minimum atomic E-state index is -0.887. The number of nitrogens with zero attached hydrogens (tertiary/aromatic N) is 1. The number of carbonyl (C=O) groups is 2. The number of aliphatic hydroxyl groups is 1. The predicted molar refractivity (Wildman–Crippen MR) is 38.5 cm³/mol. The van der Waals surface area contributed by atoms with Crippen LogP contribution in [0.15, 0.2) is 0 Å². The van der Waals surface area contributed by atoms with Crippen molar-refractivity contribution in [3.8, 4) is 0 Å². The van der Waals surface area contributed by atoms with Gasteiger partial charge in [0.05, 0.1) is 6.54 Å². The Labute approximate surface area is 85.6 Å². The van der Waals surface area contributed by atoms with Crippen molar-refractivity contribution in [3.63, 3.8) is 0 Å². The third kappa shape index (κ3) is 11.4. The molecular weight excluding hydrogens is 222 g/mol. The van der Waals surface area contributed by atoms with Crippen LogP contribution in [0.2, 0.25) is 0 Å². The summed E-state index contributed by atoms with van der Waals surface area (Å²) in [5.74, 6) is -1.72. The van der Waals surface area contributed by atoms with Crippen LogP contribution < -0.4 is 0 Å². The molecule has 0 spiro atoms. The van der Waals surface area contributed by atoms with Crippen LogP contribution in [0.25, 0.3) is 0 Å². The Morgan fingerprint density at radius 3 is 1.85 bits per heavy atom. The maximum atomic E-state index is 9.84. The van der Waals surface area contributed by atoms with Gasteiger partial charge in [0.1, 0.15) is 6.23 Å². The Kier molecular flexibility index (Phi) is 7.84. The summed E-state index contributed by atoms with van der Waals surface area (Å²) >= 11 is 0. The van der Waals surface area contributed by atoms with E-state index < -0.39 is 18.2 Å². The first-order valence-electron chi connectivity index (χ1n) is 3.27. The summed E-state index contributed by atoms with van der Waals surface area (Å²) < 4.78 is 0. The molecule has 0 aliphatic carbocycles. The minimum absolute atomic E-state index is 0. The Bertz CT molecular complexity index is 182. The van der Waals surface area contributed by atoms with Crippen LogP contribution in [-0.4, -0.2) is 51.5 Å². The van der Waals surface area contributed by atoms with E-state index in [4.69, 9.17) is 20.1 Å². The summed E-state index contributed by atoms with van der Waals surface area (Å²) in [5, 5.41) is 24.0. The van der Waals surface area contributed by atoms with Crippen molar-refractivity contribution in [1.82, 2.24) is 4.90 Å². The summed E-state index contributed by atoms with van der Waals surface area (Å²) in [4.78, 5) is 20.3. The van der Waals surface area contributed by atoms with Gasteiger partial charge in [0.25, 0.3) is 5.97 Å². The molecule has 1 saturated heterocycles. The molecule has 7 heteroatoms. The molecule has 78 valence electrons. The third-order valence-electron chi connectivity index (χ3n) is 1.02. The van der Waals surface area contributed by atoms with Crippen LogP contribution in [0.3, 0.4) is 0 Å². The smallest absolute Gasteiger partial charge is 0.317 e. The number of carboxylic acid groups (broad SMARTS) is 2. The Morgan fingerprint density at radius 1 is 1.46 bits per heavy atom. The van der Waals surface area contributed by atoms with Gasteiger partial charge < -0.3 is 15.3 Å². The maximum absolute atomic E-state index is 9.84. The van der Waals surface area contributed by atoms with Crippen molar-refractivity contribution in [3.05, 3.63) is 0 Å². The molecule has 0 aromatic heterocycles. The molecule has 0 bridgehead atoms. The molecule has 1 fully saturated rings. The number of aliphatic carboxylic acids is 2. The van der Waals surface area contributed by atoms with Crippen LogP contribution in [-0.2, 0) is 26.7 Å². The molecule has 2 unspecified atom stereocenters. The van der Waals surface area contributed by atoms with Gasteiger partial charge in [-0.1, -0.05) is 0 Å². The van der Waals surface area contributed by atoms with E-state index in [-0.39, 0.29) is 23.6 Å². The van der Waals surface area contributed by atoms with Crippen LogP contribution in [0, 0.1) is 0 Å². The number of carboxylic acids is 2. The predicted octanol–water partition coefficient (Wildman–Crippen LogP) is -1.21. The second-order valence-electron chi connectivity index (χ2n) is 2.32. The Balaban J connectivity index is 0. The molecular formula is C6H11FeNO5. The van der Waals surface area contributed by atoms with Crippen LogP contribution in [0.1, 0.15) is 6.92 Å². The van der Waals surface area contributed by atoms with Gasteiger partial charge in [-0.3, -0.25) is 14.5 Å². The summed E-state index contributed by atoms with van der Waals surface area (Å²) in [6.07, 6.45) is -0.494. The Hall–Kier alpha value is -0.621. The van der Waals surface area contributed by atoms with Crippen molar-refractivity contribution < 1.29 is 42.0 Å². The van der Waals surface area contributed by atoms with E-state index in [1.54, 1.807) is 0 Å². The van der Waals surface area contributed by atoms with E-state index in [9.17, 15) is 4.79 Å². The first kappa shape index (κ1) is 14.9. The second-order valence-corrected chi connectivity index (χ2v) is 2.32. The number of hydrogen-bond donors (Lipinski definition) is 3. The first-order chi connectivity index (χ1) is 5.43. The van der Waals surface area contributed by atoms with Crippen molar-refractivity contribution >= 4 is 11.9 Å². The quantitative estimate of drug-likeness (QED) is 0.409. The first-order valence-corrected chi connectivity index (χ1v) is 3.27. The van der Waals surface area contributed by atoms with Crippen molar-refractivity contribution in [2.75, 3.05) is 13.1 Å². The molecule has 0 amide bonds. The fraction of sp³-hybridized carbons (Fsp3) is 0.667. The van der Waals surface area contributed by atoms with Gasteiger partial charge in [0.2, 0.25) is 0 Å². The van der Waals surface area contributed by atoms with Gasteiger partial charge in [0, 0.05) is 30.5 Å². The molecule has 13 heavy (non-hydrogen) atoms.